The second-order valence-corrected chi connectivity index (χ2v) is 6.43. The Bertz CT molecular complexity index is 545. The molecule has 1 aliphatic carbocycles. The molecule has 1 aliphatic heterocycles. The molecule has 0 aromatic carbocycles. The van der Waals surface area contributed by atoms with Crippen molar-refractivity contribution < 1.29 is 0 Å². The van der Waals surface area contributed by atoms with E-state index in [0.717, 1.165) is 30.1 Å². The van der Waals surface area contributed by atoms with Gasteiger partial charge in [-0.15, -0.1) is 24.0 Å². The van der Waals surface area contributed by atoms with E-state index in [-0.39, 0.29) is 24.0 Å². The van der Waals surface area contributed by atoms with Gasteiger partial charge in [-0.25, -0.2) is 9.97 Å². The molecular formula is C16H27IN6. The van der Waals surface area contributed by atoms with Crippen LogP contribution in [0.1, 0.15) is 31.3 Å². The van der Waals surface area contributed by atoms with Gasteiger partial charge in [0.2, 0.25) is 0 Å². The van der Waals surface area contributed by atoms with Crippen LogP contribution < -0.4 is 10.6 Å². The Hall–Kier alpha value is -0.960. The predicted molar refractivity (Wildman–Crippen MR) is 103 cm³/mol. The molecule has 1 aromatic heterocycles. The average Bonchev–Trinajstić information content (AvgIpc) is 3.28. The van der Waals surface area contributed by atoms with E-state index in [4.69, 9.17) is 0 Å². The number of hydrogen-bond donors (Lipinski definition) is 2. The van der Waals surface area contributed by atoms with Crippen LogP contribution >= 0.6 is 24.0 Å². The summed E-state index contributed by atoms with van der Waals surface area (Å²) < 4.78 is 0. The van der Waals surface area contributed by atoms with Gasteiger partial charge >= 0.3 is 0 Å². The lowest BCUT2D eigenvalue weighted by Crippen LogP contribution is -2.46. The van der Waals surface area contributed by atoms with Crippen molar-refractivity contribution in [1.82, 2.24) is 25.5 Å². The van der Waals surface area contributed by atoms with Crippen LogP contribution in [0.2, 0.25) is 0 Å². The number of rotatable bonds is 4. The highest BCUT2D eigenvalue weighted by molar-refractivity contribution is 14.0. The summed E-state index contributed by atoms with van der Waals surface area (Å²) in [5.74, 6) is 2.30. The van der Waals surface area contributed by atoms with Crippen molar-refractivity contribution in [2.45, 2.75) is 45.3 Å². The van der Waals surface area contributed by atoms with Crippen molar-refractivity contribution in [2.75, 3.05) is 20.1 Å². The van der Waals surface area contributed by atoms with E-state index in [2.05, 4.69) is 37.4 Å². The molecule has 2 unspecified atom stereocenters. The largest absolute Gasteiger partial charge is 0.352 e. The number of nitrogens with zero attached hydrogens (tertiary/aromatic N) is 4. The van der Waals surface area contributed by atoms with Crippen molar-refractivity contribution >= 4 is 29.9 Å². The van der Waals surface area contributed by atoms with Crippen LogP contribution in [0.15, 0.2) is 17.3 Å². The Labute approximate surface area is 155 Å². The maximum absolute atomic E-state index is 4.41. The normalized spacial score (nSPS) is 25.1. The number of halogens is 1. The van der Waals surface area contributed by atoms with E-state index in [9.17, 15) is 0 Å². The molecule has 0 radical (unpaired) electrons. The molecule has 1 saturated heterocycles. The maximum atomic E-state index is 4.41. The Morgan fingerprint density at radius 1 is 1.39 bits per heavy atom. The summed E-state index contributed by atoms with van der Waals surface area (Å²) >= 11 is 0. The van der Waals surface area contributed by atoms with Gasteiger partial charge in [-0.05, 0) is 31.7 Å². The third-order valence-corrected chi connectivity index (χ3v) is 4.52. The van der Waals surface area contributed by atoms with Gasteiger partial charge < -0.3 is 10.6 Å². The zero-order valence-corrected chi connectivity index (χ0v) is 16.4. The molecule has 1 aromatic rings. The fraction of sp³-hybridized carbons (Fsp3) is 0.688. The molecule has 0 spiro atoms. The van der Waals surface area contributed by atoms with Gasteiger partial charge in [0, 0.05) is 38.4 Å². The first-order valence-corrected chi connectivity index (χ1v) is 8.15. The van der Waals surface area contributed by atoms with E-state index in [1.165, 1.54) is 19.4 Å². The highest BCUT2D eigenvalue weighted by atomic mass is 127. The van der Waals surface area contributed by atoms with Crippen molar-refractivity contribution in [2.24, 2.45) is 10.9 Å². The van der Waals surface area contributed by atoms with Crippen LogP contribution in [0, 0.1) is 12.8 Å². The minimum atomic E-state index is 0. The number of likely N-dealkylation sites (tertiary alicyclic amines) is 1. The highest BCUT2D eigenvalue weighted by Gasteiger charge is 2.38. The molecule has 3 rings (SSSR count). The van der Waals surface area contributed by atoms with Crippen LogP contribution in [0.25, 0.3) is 0 Å². The average molecular weight is 430 g/mol. The van der Waals surface area contributed by atoms with Gasteiger partial charge in [0.25, 0.3) is 0 Å². The van der Waals surface area contributed by atoms with E-state index in [0.29, 0.717) is 18.5 Å². The van der Waals surface area contributed by atoms with E-state index in [1.807, 2.05) is 20.0 Å². The van der Waals surface area contributed by atoms with Crippen LogP contribution in [0.4, 0.5) is 0 Å². The number of aromatic nitrogens is 2. The zero-order valence-electron chi connectivity index (χ0n) is 14.1. The summed E-state index contributed by atoms with van der Waals surface area (Å²) in [6.07, 6.45) is 4.54. The third-order valence-electron chi connectivity index (χ3n) is 4.52. The Morgan fingerprint density at radius 3 is 2.83 bits per heavy atom. The fourth-order valence-electron chi connectivity index (χ4n) is 3.08. The number of aryl methyl sites for hydroxylation is 1. The summed E-state index contributed by atoms with van der Waals surface area (Å²) in [5.41, 5.74) is 0.981. The summed E-state index contributed by atoms with van der Waals surface area (Å²) in [7, 11) is 1.82. The summed E-state index contributed by atoms with van der Waals surface area (Å²) in [6, 6.07) is 3.24. The van der Waals surface area contributed by atoms with Crippen molar-refractivity contribution in [1.29, 1.82) is 0 Å². The lowest BCUT2D eigenvalue weighted by atomic mass is 10.1. The number of guanidine groups is 1. The quantitative estimate of drug-likeness (QED) is 0.431. The number of aliphatic imine (C=N–C) groups is 1. The summed E-state index contributed by atoms with van der Waals surface area (Å²) in [4.78, 5) is 15.5. The van der Waals surface area contributed by atoms with Crippen molar-refractivity contribution in [3.05, 3.63) is 23.8 Å². The van der Waals surface area contributed by atoms with Gasteiger partial charge in [-0.3, -0.25) is 9.89 Å². The molecule has 0 amide bonds. The minimum Gasteiger partial charge on any atom is -0.352 e. The Kier molecular flexibility index (Phi) is 6.58. The monoisotopic (exact) mass is 430 g/mol. The molecule has 128 valence electrons. The van der Waals surface area contributed by atoms with Crippen LogP contribution in [0.3, 0.4) is 0 Å². The van der Waals surface area contributed by atoms with E-state index < -0.39 is 0 Å². The molecule has 0 bridgehead atoms. The molecule has 2 heterocycles. The smallest absolute Gasteiger partial charge is 0.191 e. The van der Waals surface area contributed by atoms with Crippen LogP contribution in [0.5, 0.6) is 0 Å². The molecule has 23 heavy (non-hydrogen) atoms. The van der Waals surface area contributed by atoms with Crippen molar-refractivity contribution in [3.8, 4) is 0 Å². The topological polar surface area (TPSA) is 65.4 Å². The maximum Gasteiger partial charge on any atom is 0.191 e. The molecule has 2 N–H and O–H groups in total. The SMILES string of the molecule is CN=C(NCc1ccnc(C)n1)NC1CN(C2CC2)CC1C.I. The zero-order chi connectivity index (χ0) is 15.5. The van der Waals surface area contributed by atoms with Crippen LogP contribution in [-0.4, -0.2) is 53.0 Å². The van der Waals surface area contributed by atoms with Crippen molar-refractivity contribution in [3.63, 3.8) is 0 Å². The molecular weight excluding hydrogens is 403 g/mol. The third kappa shape index (κ3) is 5.00. The van der Waals surface area contributed by atoms with Gasteiger partial charge in [0.1, 0.15) is 5.82 Å². The molecule has 2 aliphatic rings. The Balaban J connectivity index is 0.00000192. The second kappa shape index (κ2) is 8.23. The Morgan fingerprint density at radius 2 is 2.17 bits per heavy atom. The fourth-order valence-corrected chi connectivity index (χ4v) is 3.08. The minimum absolute atomic E-state index is 0. The highest BCUT2D eigenvalue weighted by Crippen LogP contribution is 2.31. The standard InChI is InChI=1S/C16H26N6.HI/c1-11-9-22(14-4-5-14)10-15(11)21-16(17-3)19-8-13-6-7-18-12(2)20-13;/h6-7,11,14-15H,4-5,8-10H2,1-3H3,(H2,17,19,21);1H. The summed E-state index contributed by atoms with van der Waals surface area (Å²) in [5, 5.41) is 6.92. The first kappa shape index (κ1) is 18.4. The lowest BCUT2D eigenvalue weighted by Gasteiger charge is -2.20. The van der Waals surface area contributed by atoms with Gasteiger partial charge in [0.15, 0.2) is 5.96 Å². The first-order valence-electron chi connectivity index (χ1n) is 8.15. The van der Waals surface area contributed by atoms with Gasteiger partial charge in [-0.2, -0.15) is 0 Å². The van der Waals surface area contributed by atoms with Crippen LogP contribution in [-0.2, 0) is 6.54 Å². The first-order chi connectivity index (χ1) is 10.7. The van der Waals surface area contributed by atoms with Gasteiger partial charge in [0.05, 0.1) is 12.2 Å². The second-order valence-electron chi connectivity index (χ2n) is 6.43. The molecule has 2 fully saturated rings. The number of nitrogens with one attached hydrogen (secondary N) is 2. The lowest BCUT2D eigenvalue weighted by molar-refractivity contribution is 0.315. The number of hydrogen-bond acceptors (Lipinski definition) is 4. The predicted octanol–water partition coefficient (Wildman–Crippen LogP) is 1.55. The van der Waals surface area contributed by atoms with Gasteiger partial charge in [-0.1, -0.05) is 6.92 Å². The van der Waals surface area contributed by atoms with E-state index in [1.54, 1.807) is 6.20 Å². The molecule has 2 atom stereocenters. The molecule has 6 nitrogen and oxygen atoms in total. The summed E-state index contributed by atoms with van der Waals surface area (Å²) in [6.45, 7) is 7.21. The van der Waals surface area contributed by atoms with E-state index >= 15 is 0 Å². The molecule has 1 saturated carbocycles. The molecule has 7 heteroatoms.